The van der Waals surface area contributed by atoms with Crippen LogP contribution in [0.5, 0.6) is 5.88 Å². The van der Waals surface area contributed by atoms with E-state index in [9.17, 15) is 24.3 Å². The largest absolute Gasteiger partial charge is 0.494 e. The molecule has 40 heavy (non-hydrogen) atoms. The number of aromatic hydroxyl groups is 1. The molecule has 3 aliphatic carbocycles. The molecule has 218 valence electrons. The van der Waals surface area contributed by atoms with Crippen molar-refractivity contribution in [3.8, 4) is 5.88 Å². The van der Waals surface area contributed by atoms with Crippen molar-refractivity contribution in [3.05, 3.63) is 26.4 Å². The number of aromatic nitrogens is 2. The number of rotatable bonds is 6. The van der Waals surface area contributed by atoms with E-state index >= 15 is 0 Å². The number of amides is 3. The summed E-state index contributed by atoms with van der Waals surface area (Å²) in [6.45, 7) is 2.77. The molecule has 5 fully saturated rings. The van der Waals surface area contributed by atoms with Gasteiger partial charge in [0.2, 0.25) is 5.88 Å². The standard InChI is InChI=1S/C28H41N7O5/c1-32-24(38)28(34(25(32)39)14-18-7-11-31-12-8-18)15-27(16-28)9-5-19(6-10-27)35-23(37)20(21(29)30)22(36)33(26(35)40)13-17-3-2-4-17/h17-19,31,36H,2-16H2,1H3,(H3,29,30). The third kappa shape index (κ3) is 4.09. The molecule has 6 rings (SSSR count). The molecule has 0 unspecified atom stereocenters. The number of hydrogen-bond acceptors (Lipinski definition) is 7. The van der Waals surface area contributed by atoms with Crippen LogP contribution in [-0.4, -0.2) is 74.0 Å². The zero-order chi connectivity index (χ0) is 28.4. The lowest BCUT2D eigenvalue weighted by atomic mass is 9.51. The summed E-state index contributed by atoms with van der Waals surface area (Å²) in [6, 6.07) is -0.575. The summed E-state index contributed by atoms with van der Waals surface area (Å²) in [4.78, 5) is 56.5. The van der Waals surface area contributed by atoms with Gasteiger partial charge in [0.25, 0.3) is 11.5 Å². The second-order valence-electron chi connectivity index (χ2n) is 13.0. The Bertz CT molecular complexity index is 1340. The van der Waals surface area contributed by atoms with E-state index in [-0.39, 0.29) is 34.9 Å². The summed E-state index contributed by atoms with van der Waals surface area (Å²) in [7, 11) is 1.58. The molecule has 0 atom stereocenters. The molecule has 5 N–H and O–H groups in total. The molecule has 1 aromatic heterocycles. The monoisotopic (exact) mass is 555 g/mol. The van der Waals surface area contributed by atoms with E-state index in [2.05, 4.69) is 5.32 Å². The number of nitrogens with zero attached hydrogens (tertiary/aromatic N) is 4. The van der Waals surface area contributed by atoms with Crippen molar-refractivity contribution in [2.24, 2.45) is 23.0 Å². The third-order valence-corrected chi connectivity index (χ3v) is 10.6. The molecule has 0 bridgehead atoms. The van der Waals surface area contributed by atoms with Gasteiger partial charge in [-0.1, -0.05) is 6.42 Å². The van der Waals surface area contributed by atoms with E-state index in [1.807, 2.05) is 4.90 Å². The summed E-state index contributed by atoms with van der Waals surface area (Å²) in [5, 5.41) is 22.0. The second kappa shape index (κ2) is 9.74. The van der Waals surface area contributed by atoms with Crippen molar-refractivity contribution in [1.82, 2.24) is 24.3 Å². The average molecular weight is 556 g/mol. The van der Waals surface area contributed by atoms with Gasteiger partial charge in [0.05, 0.1) is 0 Å². The quantitative estimate of drug-likeness (QED) is 0.233. The Balaban J connectivity index is 1.21. The van der Waals surface area contributed by atoms with Gasteiger partial charge in [-0.25, -0.2) is 9.59 Å². The first-order valence-electron chi connectivity index (χ1n) is 14.8. The Hall–Kier alpha value is -3.15. The van der Waals surface area contributed by atoms with Gasteiger partial charge in [-0.15, -0.1) is 0 Å². The van der Waals surface area contributed by atoms with Crippen molar-refractivity contribution in [2.45, 2.75) is 88.8 Å². The van der Waals surface area contributed by atoms with Crippen molar-refractivity contribution < 1.29 is 14.7 Å². The fraction of sp³-hybridized carbons (Fsp3) is 0.750. The molecule has 12 nitrogen and oxygen atoms in total. The summed E-state index contributed by atoms with van der Waals surface area (Å²) in [6.07, 6.45) is 8.81. The van der Waals surface area contributed by atoms with Crippen LogP contribution in [-0.2, 0) is 11.3 Å². The predicted molar refractivity (Wildman–Crippen MR) is 147 cm³/mol. The molecule has 12 heteroatoms. The first-order valence-corrected chi connectivity index (χ1v) is 14.8. The zero-order valence-electron chi connectivity index (χ0n) is 23.3. The number of imide groups is 1. The van der Waals surface area contributed by atoms with Crippen LogP contribution in [0.1, 0.15) is 82.2 Å². The number of urea groups is 1. The molecule has 2 spiro atoms. The lowest BCUT2D eigenvalue weighted by Crippen LogP contribution is -2.65. The molecular formula is C28H41N7O5. The highest BCUT2D eigenvalue weighted by Gasteiger charge is 2.67. The molecular weight excluding hydrogens is 514 g/mol. The molecule has 0 aromatic carbocycles. The highest BCUT2D eigenvalue weighted by molar-refractivity contribution is 6.07. The number of hydrogen-bond donors (Lipinski definition) is 4. The fourth-order valence-electron chi connectivity index (χ4n) is 8.13. The highest BCUT2D eigenvalue weighted by Crippen LogP contribution is 2.62. The summed E-state index contributed by atoms with van der Waals surface area (Å²) >= 11 is 0. The number of piperidine rings is 1. The van der Waals surface area contributed by atoms with Crippen molar-refractivity contribution >= 4 is 17.8 Å². The molecule has 5 aliphatic rings. The minimum atomic E-state index is -0.782. The Morgan fingerprint density at radius 2 is 1.62 bits per heavy atom. The number of carbonyl (C=O) groups is 2. The van der Waals surface area contributed by atoms with Crippen LogP contribution in [0, 0.1) is 22.7 Å². The zero-order valence-corrected chi connectivity index (χ0v) is 23.3. The minimum absolute atomic E-state index is 0.112. The molecule has 0 radical (unpaired) electrons. The van der Waals surface area contributed by atoms with Crippen molar-refractivity contribution in [1.29, 1.82) is 5.41 Å². The number of nitrogens with two attached hydrogens (primary N) is 1. The topological polar surface area (TPSA) is 167 Å². The van der Waals surface area contributed by atoms with Crippen LogP contribution >= 0.6 is 0 Å². The van der Waals surface area contributed by atoms with Crippen LogP contribution in [0.2, 0.25) is 0 Å². The van der Waals surface area contributed by atoms with Crippen LogP contribution in [0.15, 0.2) is 9.59 Å². The van der Waals surface area contributed by atoms with Crippen LogP contribution in [0.25, 0.3) is 0 Å². The molecule has 3 heterocycles. The van der Waals surface area contributed by atoms with E-state index in [0.29, 0.717) is 44.7 Å². The van der Waals surface area contributed by atoms with E-state index < -0.39 is 28.5 Å². The summed E-state index contributed by atoms with van der Waals surface area (Å²) in [5.74, 6) is -0.533. The Kier molecular flexibility index (Phi) is 6.59. The Morgan fingerprint density at radius 1 is 1.00 bits per heavy atom. The number of carbonyl (C=O) groups excluding carboxylic acids is 2. The normalized spacial score (nSPS) is 31.2. The molecule has 3 saturated carbocycles. The Morgan fingerprint density at radius 3 is 2.20 bits per heavy atom. The number of likely N-dealkylation sites (N-methyl/N-ethyl adjacent to an activating group) is 1. The van der Waals surface area contributed by atoms with Gasteiger partial charge in [-0.3, -0.25) is 29.0 Å². The minimum Gasteiger partial charge on any atom is -0.494 e. The van der Waals surface area contributed by atoms with Gasteiger partial charge in [-0.2, -0.15) is 0 Å². The molecule has 1 aromatic rings. The van der Waals surface area contributed by atoms with Crippen molar-refractivity contribution in [3.63, 3.8) is 0 Å². The predicted octanol–water partition coefficient (Wildman–Crippen LogP) is 1.33. The van der Waals surface area contributed by atoms with Crippen LogP contribution < -0.4 is 22.3 Å². The van der Waals surface area contributed by atoms with Gasteiger partial charge in [-0.05, 0) is 94.5 Å². The van der Waals surface area contributed by atoms with Crippen LogP contribution in [0.3, 0.4) is 0 Å². The van der Waals surface area contributed by atoms with E-state index in [1.54, 1.807) is 7.05 Å². The number of nitrogens with one attached hydrogen (secondary N) is 2. The Labute approximate surface area is 233 Å². The maximum atomic E-state index is 13.5. The molecule has 3 amide bonds. The SMILES string of the molecule is CN1C(=O)N(CC2CCNCC2)C2(CC3(CCC(n4c(=O)c(C(=N)N)c(O)n(CC5CCC5)c4=O)CC3)C2)C1=O. The van der Waals surface area contributed by atoms with Crippen LogP contribution in [0.4, 0.5) is 4.79 Å². The van der Waals surface area contributed by atoms with Gasteiger partial charge in [0.15, 0.2) is 0 Å². The smallest absolute Gasteiger partial charge is 0.334 e. The van der Waals surface area contributed by atoms with E-state index in [1.165, 1.54) is 14.0 Å². The fourth-order valence-corrected chi connectivity index (χ4v) is 8.13. The highest BCUT2D eigenvalue weighted by atomic mass is 16.3. The third-order valence-electron chi connectivity index (χ3n) is 10.6. The molecule has 2 saturated heterocycles. The first kappa shape index (κ1) is 27.0. The first-order chi connectivity index (χ1) is 19.1. The van der Waals surface area contributed by atoms with Crippen molar-refractivity contribution in [2.75, 3.05) is 26.7 Å². The lowest BCUT2D eigenvalue weighted by molar-refractivity contribution is -0.150. The molecule has 2 aliphatic heterocycles. The van der Waals surface area contributed by atoms with E-state index in [4.69, 9.17) is 11.1 Å². The van der Waals surface area contributed by atoms with Gasteiger partial charge in [0.1, 0.15) is 16.9 Å². The maximum absolute atomic E-state index is 13.5. The number of nitrogen functional groups attached to an aromatic ring is 1. The second-order valence-corrected chi connectivity index (χ2v) is 13.0. The van der Waals surface area contributed by atoms with Gasteiger partial charge in [0, 0.05) is 26.2 Å². The summed E-state index contributed by atoms with van der Waals surface area (Å²) in [5.41, 5.74) is 3.23. The average Bonchev–Trinajstić information content (AvgIpc) is 3.05. The lowest BCUT2D eigenvalue weighted by Gasteiger charge is -2.58. The van der Waals surface area contributed by atoms with E-state index in [0.717, 1.165) is 58.0 Å². The maximum Gasteiger partial charge on any atom is 0.334 e. The number of amidine groups is 1. The van der Waals surface area contributed by atoms with Gasteiger partial charge >= 0.3 is 11.7 Å². The van der Waals surface area contributed by atoms with Gasteiger partial charge < -0.3 is 21.1 Å². The summed E-state index contributed by atoms with van der Waals surface area (Å²) < 4.78 is 2.43.